The Labute approximate surface area is 121 Å². The summed E-state index contributed by atoms with van der Waals surface area (Å²) in [6, 6.07) is 4.71. The van der Waals surface area contributed by atoms with E-state index < -0.39 is 0 Å². The molecule has 2 fully saturated rings. The van der Waals surface area contributed by atoms with E-state index in [0.717, 1.165) is 38.2 Å². The lowest BCUT2D eigenvalue weighted by molar-refractivity contribution is -0.0793. The number of furan rings is 1. The van der Waals surface area contributed by atoms with E-state index in [1.165, 1.54) is 12.8 Å². The van der Waals surface area contributed by atoms with Crippen molar-refractivity contribution in [3.8, 4) is 0 Å². The molecular weight excluding hydrogens is 252 g/mol. The Hall–Kier alpha value is -0.840. The Bertz CT molecular complexity index is 416. The third kappa shape index (κ3) is 2.78. The Kier molecular flexibility index (Phi) is 4.15. The summed E-state index contributed by atoms with van der Waals surface area (Å²) in [5.41, 5.74) is 6.31. The Morgan fingerprint density at radius 3 is 2.90 bits per heavy atom. The highest BCUT2D eigenvalue weighted by atomic mass is 16.5. The quantitative estimate of drug-likeness (QED) is 0.869. The van der Waals surface area contributed by atoms with Gasteiger partial charge in [0, 0.05) is 24.7 Å². The van der Waals surface area contributed by atoms with Gasteiger partial charge in [0.2, 0.25) is 0 Å². The van der Waals surface area contributed by atoms with E-state index in [1.807, 2.05) is 6.07 Å². The van der Waals surface area contributed by atoms with Gasteiger partial charge < -0.3 is 14.9 Å². The molecule has 1 aromatic rings. The van der Waals surface area contributed by atoms with Gasteiger partial charge in [-0.15, -0.1) is 0 Å². The zero-order valence-corrected chi connectivity index (χ0v) is 12.4. The van der Waals surface area contributed by atoms with E-state index in [1.54, 1.807) is 6.26 Å². The SMILES string of the molecule is CCC1CC(CN)(N(Cc2ccco2)C2CC2)CCO1. The number of hydrogen-bond donors (Lipinski definition) is 1. The second-order valence-electron chi connectivity index (χ2n) is 6.22. The molecule has 2 heterocycles. The predicted octanol–water partition coefficient (Wildman–Crippen LogP) is 2.53. The lowest BCUT2D eigenvalue weighted by Gasteiger charge is -2.48. The average Bonchev–Trinajstić information content (AvgIpc) is 3.20. The smallest absolute Gasteiger partial charge is 0.117 e. The maximum absolute atomic E-state index is 6.22. The number of nitrogens with two attached hydrogens (primary N) is 1. The van der Waals surface area contributed by atoms with Crippen LogP contribution < -0.4 is 5.73 Å². The first-order chi connectivity index (χ1) is 9.77. The van der Waals surface area contributed by atoms with Gasteiger partial charge in [0.05, 0.1) is 18.9 Å². The molecule has 4 nitrogen and oxygen atoms in total. The van der Waals surface area contributed by atoms with Crippen molar-refractivity contribution in [2.24, 2.45) is 5.73 Å². The average molecular weight is 278 g/mol. The molecule has 112 valence electrons. The number of rotatable bonds is 6. The van der Waals surface area contributed by atoms with Crippen molar-refractivity contribution in [1.29, 1.82) is 0 Å². The molecule has 1 aromatic heterocycles. The fraction of sp³-hybridized carbons (Fsp3) is 0.750. The maximum Gasteiger partial charge on any atom is 0.117 e. The molecule has 0 spiro atoms. The van der Waals surface area contributed by atoms with E-state index in [4.69, 9.17) is 14.9 Å². The van der Waals surface area contributed by atoms with Gasteiger partial charge in [0.15, 0.2) is 0 Å². The Morgan fingerprint density at radius 1 is 1.45 bits per heavy atom. The summed E-state index contributed by atoms with van der Waals surface area (Å²) >= 11 is 0. The number of hydrogen-bond acceptors (Lipinski definition) is 4. The van der Waals surface area contributed by atoms with Crippen LogP contribution in [0.2, 0.25) is 0 Å². The summed E-state index contributed by atoms with van der Waals surface area (Å²) in [6.45, 7) is 4.62. The molecule has 0 bridgehead atoms. The van der Waals surface area contributed by atoms with Crippen molar-refractivity contribution in [1.82, 2.24) is 4.90 Å². The van der Waals surface area contributed by atoms with Gasteiger partial charge in [-0.2, -0.15) is 0 Å². The van der Waals surface area contributed by atoms with Crippen molar-refractivity contribution < 1.29 is 9.15 Å². The summed E-state index contributed by atoms with van der Waals surface area (Å²) in [6.07, 6.45) is 7.86. The van der Waals surface area contributed by atoms with Crippen molar-refractivity contribution in [3.05, 3.63) is 24.2 Å². The maximum atomic E-state index is 6.22. The van der Waals surface area contributed by atoms with Crippen molar-refractivity contribution in [3.63, 3.8) is 0 Å². The third-order valence-corrected chi connectivity index (χ3v) is 4.87. The van der Waals surface area contributed by atoms with Crippen LogP contribution in [0.25, 0.3) is 0 Å². The summed E-state index contributed by atoms with van der Waals surface area (Å²) in [4.78, 5) is 2.61. The minimum Gasteiger partial charge on any atom is -0.468 e. The molecule has 2 aliphatic rings. The van der Waals surface area contributed by atoms with Gasteiger partial charge >= 0.3 is 0 Å². The fourth-order valence-corrected chi connectivity index (χ4v) is 3.47. The van der Waals surface area contributed by atoms with Gasteiger partial charge in [-0.25, -0.2) is 0 Å². The van der Waals surface area contributed by atoms with Crippen LogP contribution in [0.5, 0.6) is 0 Å². The minimum absolute atomic E-state index is 0.0902. The van der Waals surface area contributed by atoms with Crippen LogP contribution in [0.1, 0.15) is 44.8 Å². The first-order valence-electron chi connectivity index (χ1n) is 7.88. The molecule has 1 aliphatic heterocycles. The molecule has 3 rings (SSSR count). The van der Waals surface area contributed by atoms with Gasteiger partial charge in [-0.1, -0.05) is 6.92 Å². The molecular formula is C16H26N2O2. The molecule has 20 heavy (non-hydrogen) atoms. The highest BCUT2D eigenvalue weighted by Crippen LogP contribution is 2.40. The van der Waals surface area contributed by atoms with Crippen LogP contribution in [-0.4, -0.2) is 35.7 Å². The summed E-state index contributed by atoms with van der Waals surface area (Å²) < 4.78 is 11.4. The Balaban J connectivity index is 1.79. The highest BCUT2D eigenvalue weighted by Gasteiger charge is 2.46. The molecule has 0 amide bonds. The molecule has 1 saturated heterocycles. The Morgan fingerprint density at radius 2 is 2.30 bits per heavy atom. The topological polar surface area (TPSA) is 51.6 Å². The second kappa shape index (κ2) is 5.88. The number of ether oxygens (including phenoxy) is 1. The molecule has 2 atom stereocenters. The lowest BCUT2D eigenvalue weighted by Crippen LogP contribution is -2.58. The third-order valence-electron chi connectivity index (χ3n) is 4.87. The minimum atomic E-state index is 0.0902. The molecule has 1 aliphatic carbocycles. The molecule has 4 heteroatoms. The van der Waals surface area contributed by atoms with Crippen LogP contribution in [0.15, 0.2) is 22.8 Å². The summed E-state index contributed by atoms with van der Waals surface area (Å²) in [7, 11) is 0. The van der Waals surface area contributed by atoms with E-state index in [-0.39, 0.29) is 5.54 Å². The predicted molar refractivity (Wildman–Crippen MR) is 78.3 cm³/mol. The normalized spacial score (nSPS) is 30.9. The monoisotopic (exact) mass is 278 g/mol. The van der Waals surface area contributed by atoms with Crippen LogP contribution in [0, 0.1) is 0 Å². The molecule has 1 saturated carbocycles. The lowest BCUT2D eigenvalue weighted by atomic mass is 9.83. The van der Waals surface area contributed by atoms with E-state index in [9.17, 15) is 0 Å². The van der Waals surface area contributed by atoms with E-state index >= 15 is 0 Å². The zero-order valence-electron chi connectivity index (χ0n) is 12.4. The van der Waals surface area contributed by atoms with Gasteiger partial charge in [0.1, 0.15) is 5.76 Å². The van der Waals surface area contributed by atoms with Crippen molar-refractivity contribution in [2.75, 3.05) is 13.2 Å². The summed E-state index contributed by atoms with van der Waals surface area (Å²) in [5.74, 6) is 1.05. The molecule has 2 N–H and O–H groups in total. The molecule has 2 unspecified atom stereocenters. The second-order valence-corrected chi connectivity index (χ2v) is 6.22. The van der Waals surface area contributed by atoms with Crippen LogP contribution >= 0.6 is 0 Å². The van der Waals surface area contributed by atoms with Crippen molar-refractivity contribution in [2.45, 2.75) is 63.3 Å². The van der Waals surface area contributed by atoms with Gasteiger partial charge in [-0.3, -0.25) is 4.90 Å². The fourth-order valence-electron chi connectivity index (χ4n) is 3.47. The molecule has 0 aromatic carbocycles. The van der Waals surface area contributed by atoms with Gasteiger partial charge in [0.25, 0.3) is 0 Å². The highest BCUT2D eigenvalue weighted by molar-refractivity contribution is 5.06. The van der Waals surface area contributed by atoms with E-state index in [2.05, 4.69) is 17.9 Å². The van der Waals surface area contributed by atoms with Crippen LogP contribution in [0.3, 0.4) is 0 Å². The van der Waals surface area contributed by atoms with Crippen molar-refractivity contribution >= 4 is 0 Å². The van der Waals surface area contributed by atoms with Gasteiger partial charge in [-0.05, 0) is 44.2 Å². The first kappa shape index (κ1) is 14.1. The number of nitrogens with zero attached hydrogens (tertiary/aromatic N) is 1. The summed E-state index contributed by atoms with van der Waals surface area (Å²) in [5, 5.41) is 0. The van der Waals surface area contributed by atoms with E-state index in [0.29, 0.717) is 18.7 Å². The first-order valence-corrected chi connectivity index (χ1v) is 7.88. The molecule has 0 radical (unpaired) electrons. The van der Waals surface area contributed by atoms with Crippen LogP contribution in [-0.2, 0) is 11.3 Å². The van der Waals surface area contributed by atoms with Crippen LogP contribution in [0.4, 0.5) is 0 Å². The zero-order chi connectivity index (χ0) is 14.0. The largest absolute Gasteiger partial charge is 0.468 e. The standard InChI is InChI=1S/C16H26N2O2/c1-2-14-10-16(12-17,7-9-20-14)18(13-5-6-13)11-15-4-3-8-19-15/h3-4,8,13-14H,2,5-7,9-12,17H2,1H3.